The third-order valence-electron chi connectivity index (χ3n) is 2.19. The Bertz CT molecular complexity index is 216. The van der Waals surface area contributed by atoms with E-state index in [1.165, 1.54) is 5.69 Å². The number of hydrogen-bond acceptors (Lipinski definition) is 2. The Morgan fingerprint density at radius 2 is 2.31 bits per heavy atom. The molecule has 0 spiro atoms. The summed E-state index contributed by atoms with van der Waals surface area (Å²) in [5.41, 5.74) is 1.27. The molecular weight excluding hydrogens is 162 g/mol. The molecule has 1 aromatic heterocycles. The largest absolute Gasteiger partial charge is 0.364 e. The lowest BCUT2D eigenvalue weighted by atomic mass is 10.2. The van der Waals surface area contributed by atoms with Crippen molar-refractivity contribution in [3.63, 3.8) is 0 Å². The SMILES string of the molecule is CCNCC(c1ccc[nH]1)N(C)C. The van der Waals surface area contributed by atoms with E-state index >= 15 is 0 Å². The Morgan fingerprint density at radius 1 is 1.54 bits per heavy atom. The highest BCUT2D eigenvalue weighted by atomic mass is 15.1. The van der Waals surface area contributed by atoms with E-state index < -0.39 is 0 Å². The minimum absolute atomic E-state index is 0.440. The van der Waals surface area contributed by atoms with Gasteiger partial charge in [0.25, 0.3) is 0 Å². The van der Waals surface area contributed by atoms with Crippen LogP contribution in [-0.2, 0) is 0 Å². The van der Waals surface area contributed by atoms with Crippen molar-refractivity contribution in [2.75, 3.05) is 27.2 Å². The van der Waals surface area contributed by atoms with Crippen LogP contribution in [0.5, 0.6) is 0 Å². The van der Waals surface area contributed by atoms with Crippen molar-refractivity contribution >= 4 is 0 Å². The first-order valence-corrected chi connectivity index (χ1v) is 4.76. The maximum atomic E-state index is 3.36. The molecule has 1 rings (SSSR count). The standard InChI is InChI=1S/C10H19N3/c1-4-11-8-10(13(2)3)9-6-5-7-12-9/h5-7,10-12H,4,8H2,1-3H3. The maximum Gasteiger partial charge on any atom is 0.0619 e. The van der Waals surface area contributed by atoms with Crippen LogP contribution < -0.4 is 5.32 Å². The molecular formula is C10H19N3. The van der Waals surface area contributed by atoms with E-state index in [1.807, 2.05) is 12.3 Å². The highest BCUT2D eigenvalue weighted by Crippen LogP contribution is 2.14. The van der Waals surface area contributed by atoms with Gasteiger partial charge < -0.3 is 10.3 Å². The zero-order valence-electron chi connectivity index (χ0n) is 8.67. The number of hydrogen-bond donors (Lipinski definition) is 2. The van der Waals surface area contributed by atoms with Gasteiger partial charge in [-0.05, 0) is 32.8 Å². The first kappa shape index (κ1) is 10.3. The van der Waals surface area contributed by atoms with Crippen LogP contribution in [0.15, 0.2) is 18.3 Å². The number of likely N-dealkylation sites (N-methyl/N-ethyl adjacent to an activating group) is 2. The fraction of sp³-hybridized carbons (Fsp3) is 0.600. The predicted octanol–water partition coefficient (Wildman–Crippen LogP) is 1.23. The first-order valence-electron chi connectivity index (χ1n) is 4.76. The molecule has 74 valence electrons. The molecule has 1 heterocycles. The molecule has 0 aliphatic heterocycles. The Balaban J connectivity index is 2.58. The summed E-state index contributed by atoms with van der Waals surface area (Å²) < 4.78 is 0. The predicted molar refractivity (Wildman–Crippen MR) is 55.8 cm³/mol. The number of aromatic amines is 1. The van der Waals surface area contributed by atoms with Crippen LogP contribution >= 0.6 is 0 Å². The highest BCUT2D eigenvalue weighted by molar-refractivity contribution is 5.09. The van der Waals surface area contributed by atoms with Crippen molar-refractivity contribution in [2.24, 2.45) is 0 Å². The van der Waals surface area contributed by atoms with Gasteiger partial charge in [-0.3, -0.25) is 4.90 Å². The minimum atomic E-state index is 0.440. The van der Waals surface area contributed by atoms with E-state index in [9.17, 15) is 0 Å². The second kappa shape index (κ2) is 5.04. The molecule has 0 saturated heterocycles. The molecule has 0 amide bonds. The van der Waals surface area contributed by atoms with Crippen LogP contribution in [0.4, 0.5) is 0 Å². The lowest BCUT2D eigenvalue weighted by Gasteiger charge is -2.23. The second-order valence-electron chi connectivity index (χ2n) is 3.41. The van der Waals surface area contributed by atoms with E-state index in [-0.39, 0.29) is 0 Å². The second-order valence-corrected chi connectivity index (χ2v) is 3.41. The summed E-state index contributed by atoms with van der Waals surface area (Å²) in [6.07, 6.45) is 1.97. The van der Waals surface area contributed by atoms with E-state index in [2.05, 4.69) is 42.3 Å². The molecule has 3 heteroatoms. The molecule has 0 bridgehead atoms. The molecule has 0 radical (unpaired) electrons. The highest BCUT2D eigenvalue weighted by Gasteiger charge is 2.13. The number of aromatic nitrogens is 1. The molecule has 0 aliphatic rings. The van der Waals surface area contributed by atoms with Crippen molar-refractivity contribution in [1.29, 1.82) is 0 Å². The monoisotopic (exact) mass is 181 g/mol. The van der Waals surface area contributed by atoms with Gasteiger partial charge in [-0.25, -0.2) is 0 Å². The van der Waals surface area contributed by atoms with Gasteiger partial charge >= 0.3 is 0 Å². The van der Waals surface area contributed by atoms with Crippen molar-refractivity contribution in [2.45, 2.75) is 13.0 Å². The third-order valence-corrected chi connectivity index (χ3v) is 2.19. The van der Waals surface area contributed by atoms with Crippen molar-refractivity contribution < 1.29 is 0 Å². The van der Waals surface area contributed by atoms with Gasteiger partial charge in [0.15, 0.2) is 0 Å². The van der Waals surface area contributed by atoms with Crippen LogP contribution in [0.2, 0.25) is 0 Å². The summed E-state index contributed by atoms with van der Waals surface area (Å²) >= 11 is 0. The number of nitrogens with one attached hydrogen (secondary N) is 2. The summed E-state index contributed by atoms with van der Waals surface area (Å²) in [6, 6.07) is 4.61. The summed E-state index contributed by atoms with van der Waals surface area (Å²) in [5.74, 6) is 0. The van der Waals surface area contributed by atoms with Crippen molar-refractivity contribution in [3.8, 4) is 0 Å². The van der Waals surface area contributed by atoms with Gasteiger partial charge in [-0.2, -0.15) is 0 Å². The van der Waals surface area contributed by atoms with Crippen molar-refractivity contribution in [3.05, 3.63) is 24.0 Å². The lowest BCUT2D eigenvalue weighted by Crippen LogP contribution is -2.31. The number of H-pyrrole nitrogens is 1. The van der Waals surface area contributed by atoms with Crippen LogP contribution in [0, 0.1) is 0 Å². The van der Waals surface area contributed by atoms with Crippen LogP contribution in [-0.4, -0.2) is 37.1 Å². The molecule has 2 N–H and O–H groups in total. The lowest BCUT2D eigenvalue weighted by molar-refractivity contribution is 0.285. The molecule has 0 aliphatic carbocycles. The molecule has 1 unspecified atom stereocenters. The normalized spacial score (nSPS) is 13.5. The van der Waals surface area contributed by atoms with Gasteiger partial charge in [-0.15, -0.1) is 0 Å². The molecule has 1 aromatic rings. The molecule has 3 nitrogen and oxygen atoms in total. The summed E-state index contributed by atoms with van der Waals surface area (Å²) in [7, 11) is 4.20. The van der Waals surface area contributed by atoms with Crippen LogP contribution in [0.25, 0.3) is 0 Å². The van der Waals surface area contributed by atoms with Gasteiger partial charge in [0.1, 0.15) is 0 Å². The van der Waals surface area contributed by atoms with Gasteiger partial charge in [0.05, 0.1) is 6.04 Å². The van der Waals surface area contributed by atoms with Gasteiger partial charge in [-0.1, -0.05) is 6.92 Å². The fourth-order valence-corrected chi connectivity index (χ4v) is 1.40. The number of nitrogens with zero attached hydrogens (tertiary/aromatic N) is 1. The molecule has 0 fully saturated rings. The summed E-state index contributed by atoms with van der Waals surface area (Å²) in [4.78, 5) is 5.46. The molecule has 0 aromatic carbocycles. The van der Waals surface area contributed by atoms with E-state index in [0.717, 1.165) is 13.1 Å². The Morgan fingerprint density at radius 3 is 2.77 bits per heavy atom. The number of rotatable bonds is 5. The zero-order chi connectivity index (χ0) is 9.68. The van der Waals surface area contributed by atoms with Crippen LogP contribution in [0.1, 0.15) is 18.7 Å². The molecule has 0 saturated carbocycles. The zero-order valence-corrected chi connectivity index (χ0v) is 8.67. The van der Waals surface area contributed by atoms with Gasteiger partial charge in [0, 0.05) is 18.4 Å². The summed E-state index contributed by atoms with van der Waals surface area (Å²) in [6.45, 7) is 4.14. The first-order chi connectivity index (χ1) is 6.25. The van der Waals surface area contributed by atoms with Crippen LogP contribution in [0.3, 0.4) is 0 Å². The minimum Gasteiger partial charge on any atom is -0.364 e. The van der Waals surface area contributed by atoms with Crippen molar-refractivity contribution in [1.82, 2.24) is 15.2 Å². The molecule has 13 heavy (non-hydrogen) atoms. The summed E-state index contributed by atoms with van der Waals surface area (Å²) in [5, 5.41) is 3.36. The smallest absolute Gasteiger partial charge is 0.0619 e. The Kier molecular flexibility index (Phi) is 3.99. The molecule has 1 atom stereocenters. The average Bonchev–Trinajstić information content (AvgIpc) is 2.57. The quantitative estimate of drug-likeness (QED) is 0.716. The Hall–Kier alpha value is -0.800. The third kappa shape index (κ3) is 2.86. The van der Waals surface area contributed by atoms with E-state index in [1.54, 1.807) is 0 Å². The Labute approximate surface area is 80.1 Å². The topological polar surface area (TPSA) is 31.1 Å². The fourth-order valence-electron chi connectivity index (χ4n) is 1.40. The average molecular weight is 181 g/mol. The van der Waals surface area contributed by atoms with Gasteiger partial charge in [0.2, 0.25) is 0 Å². The van der Waals surface area contributed by atoms with E-state index in [0.29, 0.717) is 6.04 Å². The maximum absolute atomic E-state index is 3.36. The van der Waals surface area contributed by atoms with E-state index in [4.69, 9.17) is 0 Å².